The standard InChI is InChI=1S/C14H25NO2/c1-2-5-12-6-9-15(10-12)11-14(13(16)17)7-3-4-8-14/h12H,2-11H2,1H3,(H,16,17). The Morgan fingerprint density at radius 2 is 2.12 bits per heavy atom. The molecule has 2 rings (SSSR count). The smallest absolute Gasteiger partial charge is 0.310 e. The van der Waals surface area contributed by atoms with Gasteiger partial charge < -0.3 is 10.0 Å². The van der Waals surface area contributed by atoms with Gasteiger partial charge in [-0.05, 0) is 38.1 Å². The zero-order valence-corrected chi connectivity index (χ0v) is 11.0. The second-order valence-corrected chi connectivity index (χ2v) is 5.97. The second kappa shape index (κ2) is 5.38. The van der Waals surface area contributed by atoms with Gasteiger partial charge in [-0.2, -0.15) is 0 Å². The summed E-state index contributed by atoms with van der Waals surface area (Å²) < 4.78 is 0. The molecule has 0 radical (unpaired) electrons. The summed E-state index contributed by atoms with van der Waals surface area (Å²) in [5, 5.41) is 9.47. The SMILES string of the molecule is CCCC1CCN(CC2(C(=O)O)CCCC2)C1. The summed E-state index contributed by atoms with van der Waals surface area (Å²) in [6, 6.07) is 0. The van der Waals surface area contributed by atoms with Gasteiger partial charge in [0.15, 0.2) is 0 Å². The van der Waals surface area contributed by atoms with Crippen molar-refractivity contribution in [3.05, 3.63) is 0 Å². The third-order valence-corrected chi connectivity index (χ3v) is 4.61. The largest absolute Gasteiger partial charge is 0.481 e. The van der Waals surface area contributed by atoms with Crippen LogP contribution >= 0.6 is 0 Å². The fraction of sp³-hybridized carbons (Fsp3) is 0.929. The Bertz CT molecular complexity index is 271. The molecule has 2 aliphatic rings. The van der Waals surface area contributed by atoms with E-state index in [0.717, 1.165) is 51.2 Å². The van der Waals surface area contributed by atoms with E-state index in [-0.39, 0.29) is 0 Å². The van der Waals surface area contributed by atoms with Gasteiger partial charge in [-0.3, -0.25) is 4.79 Å². The number of rotatable bonds is 5. The molecular weight excluding hydrogens is 214 g/mol. The molecule has 1 aliphatic heterocycles. The van der Waals surface area contributed by atoms with Crippen LogP contribution in [0.3, 0.4) is 0 Å². The maximum atomic E-state index is 11.5. The van der Waals surface area contributed by atoms with E-state index < -0.39 is 11.4 Å². The summed E-state index contributed by atoms with van der Waals surface area (Å²) in [4.78, 5) is 13.9. The molecular formula is C14H25NO2. The highest BCUT2D eigenvalue weighted by atomic mass is 16.4. The lowest BCUT2D eigenvalue weighted by atomic mass is 9.86. The highest BCUT2D eigenvalue weighted by Gasteiger charge is 2.43. The number of hydrogen-bond acceptors (Lipinski definition) is 2. The summed E-state index contributed by atoms with van der Waals surface area (Å²) in [5.74, 6) is 0.251. The maximum Gasteiger partial charge on any atom is 0.310 e. The van der Waals surface area contributed by atoms with Gasteiger partial charge in [-0.15, -0.1) is 0 Å². The Morgan fingerprint density at radius 1 is 1.41 bits per heavy atom. The average molecular weight is 239 g/mol. The minimum absolute atomic E-state index is 0.416. The summed E-state index contributed by atoms with van der Waals surface area (Å²) in [6.07, 6.45) is 7.79. The van der Waals surface area contributed by atoms with E-state index in [4.69, 9.17) is 0 Å². The van der Waals surface area contributed by atoms with Crippen molar-refractivity contribution < 1.29 is 9.90 Å². The van der Waals surface area contributed by atoms with Crippen molar-refractivity contribution in [1.29, 1.82) is 0 Å². The summed E-state index contributed by atoms with van der Waals surface area (Å²) in [5.41, 5.74) is -0.416. The lowest BCUT2D eigenvalue weighted by Gasteiger charge is -2.29. The van der Waals surface area contributed by atoms with E-state index in [0.29, 0.717) is 0 Å². The zero-order valence-electron chi connectivity index (χ0n) is 11.0. The van der Waals surface area contributed by atoms with Gasteiger partial charge >= 0.3 is 5.97 Å². The third kappa shape index (κ3) is 2.82. The molecule has 1 saturated carbocycles. The van der Waals surface area contributed by atoms with E-state index in [1.165, 1.54) is 19.3 Å². The molecule has 1 heterocycles. The van der Waals surface area contributed by atoms with Crippen LogP contribution in [-0.4, -0.2) is 35.6 Å². The molecule has 98 valence electrons. The first-order valence-electron chi connectivity index (χ1n) is 7.12. The first kappa shape index (κ1) is 12.9. The number of hydrogen-bond donors (Lipinski definition) is 1. The van der Waals surface area contributed by atoms with Gasteiger partial charge in [0, 0.05) is 13.1 Å². The summed E-state index contributed by atoms with van der Waals surface area (Å²) in [6.45, 7) is 5.27. The topological polar surface area (TPSA) is 40.5 Å². The van der Waals surface area contributed by atoms with Crippen molar-refractivity contribution in [3.8, 4) is 0 Å². The molecule has 1 unspecified atom stereocenters. The second-order valence-electron chi connectivity index (χ2n) is 5.97. The molecule has 0 aromatic carbocycles. The van der Waals surface area contributed by atoms with Crippen molar-refractivity contribution in [1.82, 2.24) is 4.90 Å². The molecule has 0 aromatic heterocycles. The minimum Gasteiger partial charge on any atom is -0.481 e. The summed E-state index contributed by atoms with van der Waals surface area (Å²) >= 11 is 0. The van der Waals surface area contributed by atoms with Gasteiger partial charge in [-0.1, -0.05) is 26.2 Å². The zero-order chi connectivity index (χ0) is 12.3. The van der Waals surface area contributed by atoms with Crippen molar-refractivity contribution in [2.75, 3.05) is 19.6 Å². The fourth-order valence-electron chi connectivity index (χ4n) is 3.62. The normalized spacial score (nSPS) is 28.6. The Kier molecular flexibility index (Phi) is 4.08. The number of aliphatic carboxylic acids is 1. The molecule has 0 spiro atoms. The van der Waals surface area contributed by atoms with Gasteiger partial charge in [0.05, 0.1) is 5.41 Å². The predicted octanol–water partition coefficient (Wildman–Crippen LogP) is 2.75. The van der Waals surface area contributed by atoms with Crippen LogP contribution in [0.4, 0.5) is 0 Å². The highest BCUT2D eigenvalue weighted by Crippen LogP contribution is 2.40. The van der Waals surface area contributed by atoms with Gasteiger partial charge in [-0.25, -0.2) is 0 Å². The van der Waals surface area contributed by atoms with Gasteiger partial charge in [0.25, 0.3) is 0 Å². The lowest BCUT2D eigenvalue weighted by molar-refractivity contribution is -0.149. The number of carboxylic acid groups (broad SMARTS) is 1. The van der Waals surface area contributed by atoms with Crippen LogP contribution in [0.1, 0.15) is 51.9 Å². The predicted molar refractivity (Wildman–Crippen MR) is 68.0 cm³/mol. The minimum atomic E-state index is -0.561. The molecule has 0 amide bonds. The van der Waals surface area contributed by atoms with Crippen molar-refractivity contribution in [3.63, 3.8) is 0 Å². The molecule has 2 fully saturated rings. The molecule has 1 atom stereocenters. The third-order valence-electron chi connectivity index (χ3n) is 4.61. The monoisotopic (exact) mass is 239 g/mol. The van der Waals surface area contributed by atoms with Crippen LogP contribution in [0.5, 0.6) is 0 Å². The van der Waals surface area contributed by atoms with Gasteiger partial charge in [0.1, 0.15) is 0 Å². The highest BCUT2D eigenvalue weighted by molar-refractivity contribution is 5.75. The molecule has 1 aliphatic carbocycles. The van der Waals surface area contributed by atoms with Crippen LogP contribution < -0.4 is 0 Å². The van der Waals surface area contributed by atoms with Crippen LogP contribution in [0.2, 0.25) is 0 Å². The fourth-order valence-corrected chi connectivity index (χ4v) is 3.62. The molecule has 17 heavy (non-hydrogen) atoms. The molecule has 1 N–H and O–H groups in total. The first-order chi connectivity index (χ1) is 8.16. The Hall–Kier alpha value is -0.570. The summed E-state index contributed by atoms with van der Waals surface area (Å²) in [7, 11) is 0. The van der Waals surface area contributed by atoms with Crippen molar-refractivity contribution in [2.24, 2.45) is 11.3 Å². The van der Waals surface area contributed by atoms with E-state index in [9.17, 15) is 9.90 Å². The van der Waals surface area contributed by atoms with E-state index >= 15 is 0 Å². The Morgan fingerprint density at radius 3 is 2.71 bits per heavy atom. The Balaban J connectivity index is 1.89. The molecule has 3 nitrogen and oxygen atoms in total. The van der Waals surface area contributed by atoms with Crippen LogP contribution in [-0.2, 0) is 4.79 Å². The quantitative estimate of drug-likeness (QED) is 0.802. The number of likely N-dealkylation sites (tertiary alicyclic amines) is 1. The number of nitrogens with zero attached hydrogens (tertiary/aromatic N) is 1. The molecule has 0 bridgehead atoms. The maximum absolute atomic E-state index is 11.5. The average Bonchev–Trinajstić information content (AvgIpc) is 2.90. The Labute approximate surface area is 104 Å². The molecule has 1 saturated heterocycles. The van der Waals surface area contributed by atoms with Crippen LogP contribution in [0, 0.1) is 11.3 Å². The molecule has 3 heteroatoms. The van der Waals surface area contributed by atoms with E-state index in [1.54, 1.807) is 0 Å². The number of carboxylic acids is 1. The van der Waals surface area contributed by atoms with E-state index in [1.807, 2.05) is 0 Å². The van der Waals surface area contributed by atoms with E-state index in [2.05, 4.69) is 11.8 Å². The van der Waals surface area contributed by atoms with Crippen LogP contribution in [0.15, 0.2) is 0 Å². The van der Waals surface area contributed by atoms with Crippen LogP contribution in [0.25, 0.3) is 0 Å². The van der Waals surface area contributed by atoms with Crippen molar-refractivity contribution >= 4 is 5.97 Å². The van der Waals surface area contributed by atoms with Crippen molar-refractivity contribution in [2.45, 2.75) is 51.9 Å². The number of carbonyl (C=O) groups is 1. The lowest BCUT2D eigenvalue weighted by Crippen LogP contribution is -2.40. The van der Waals surface area contributed by atoms with Gasteiger partial charge in [0.2, 0.25) is 0 Å². The first-order valence-corrected chi connectivity index (χ1v) is 7.12. The molecule has 0 aromatic rings.